The van der Waals surface area contributed by atoms with Crippen LogP contribution in [-0.4, -0.2) is 22.8 Å². The fraction of sp³-hybridized carbons (Fsp3) is 0.636. The summed E-state index contributed by atoms with van der Waals surface area (Å²) in [6.45, 7) is 4.35. The highest BCUT2D eigenvalue weighted by Gasteiger charge is 2.13. The third kappa shape index (κ3) is 3.38. The predicted molar refractivity (Wildman–Crippen MR) is 57.8 cm³/mol. The number of nitrogens with one attached hydrogen (secondary N) is 1. The lowest BCUT2D eigenvalue weighted by molar-refractivity contribution is 0.0518. The van der Waals surface area contributed by atoms with Crippen LogP contribution in [0.3, 0.4) is 0 Å². The number of carbonyl (C=O) groups is 1. The molecule has 84 valence electrons. The zero-order valence-corrected chi connectivity index (χ0v) is 9.38. The summed E-state index contributed by atoms with van der Waals surface area (Å²) in [5.41, 5.74) is 1.47. The van der Waals surface area contributed by atoms with E-state index < -0.39 is 0 Å². The van der Waals surface area contributed by atoms with E-state index in [0.717, 1.165) is 18.4 Å². The lowest BCUT2D eigenvalue weighted by atomic mass is 10.1. The van der Waals surface area contributed by atoms with Crippen molar-refractivity contribution in [3.05, 3.63) is 17.5 Å². The van der Waals surface area contributed by atoms with E-state index in [1.165, 1.54) is 12.8 Å². The topological polar surface area (TPSA) is 55.0 Å². The highest BCUT2D eigenvalue weighted by atomic mass is 16.5. The van der Waals surface area contributed by atoms with Crippen molar-refractivity contribution in [2.45, 2.75) is 39.5 Å². The monoisotopic (exact) mass is 210 g/mol. The van der Waals surface area contributed by atoms with Gasteiger partial charge in [-0.15, -0.1) is 0 Å². The Morgan fingerprint density at radius 1 is 1.47 bits per heavy atom. The summed E-state index contributed by atoms with van der Waals surface area (Å²) in [5, 5.41) is 6.57. The minimum absolute atomic E-state index is 0.304. The second-order valence-corrected chi connectivity index (χ2v) is 3.45. The number of hydrogen-bond donors (Lipinski definition) is 1. The van der Waals surface area contributed by atoms with Gasteiger partial charge in [-0.2, -0.15) is 5.10 Å². The third-order valence-corrected chi connectivity index (χ3v) is 2.25. The van der Waals surface area contributed by atoms with Gasteiger partial charge in [0.2, 0.25) is 0 Å². The molecule has 0 aliphatic rings. The van der Waals surface area contributed by atoms with Crippen LogP contribution >= 0.6 is 0 Å². The van der Waals surface area contributed by atoms with Gasteiger partial charge in [0.25, 0.3) is 0 Å². The molecule has 1 heterocycles. The van der Waals surface area contributed by atoms with Gasteiger partial charge in [0, 0.05) is 5.56 Å². The Morgan fingerprint density at radius 2 is 2.27 bits per heavy atom. The summed E-state index contributed by atoms with van der Waals surface area (Å²) in [6.07, 6.45) is 6.03. The number of unbranched alkanes of at least 4 members (excludes halogenated alkanes) is 2. The van der Waals surface area contributed by atoms with E-state index in [9.17, 15) is 4.79 Å². The molecule has 0 unspecified atom stereocenters. The molecule has 0 aromatic carbocycles. The smallest absolute Gasteiger partial charge is 0.356 e. The Morgan fingerprint density at radius 3 is 2.93 bits per heavy atom. The molecule has 0 saturated heterocycles. The largest absolute Gasteiger partial charge is 0.461 e. The average Bonchev–Trinajstić information content (AvgIpc) is 2.67. The van der Waals surface area contributed by atoms with Gasteiger partial charge in [0.1, 0.15) is 5.69 Å². The Hall–Kier alpha value is -1.32. The zero-order valence-electron chi connectivity index (χ0n) is 9.38. The Kier molecular flexibility index (Phi) is 4.87. The van der Waals surface area contributed by atoms with E-state index in [0.29, 0.717) is 12.3 Å². The number of aromatic nitrogens is 2. The molecule has 0 bridgehead atoms. The summed E-state index contributed by atoms with van der Waals surface area (Å²) in [5.74, 6) is -0.304. The second kappa shape index (κ2) is 6.22. The molecule has 1 rings (SSSR count). The molecular formula is C11H18N2O2. The van der Waals surface area contributed by atoms with Crippen molar-refractivity contribution in [3.63, 3.8) is 0 Å². The van der Waals surface area contributed by atoms with Crippen LogP contribution in [0.1, 0.15) is 49.2 Å². The quantitative estimate of drug-likeness (QED) is 0.579. The van der Waals surface area contributed by atoms with Crippen molar-refractivity contribution in [2.75, 3.05) is 6.61 Å². The van der Waals surface area contributed by atoms with Gasteiger partial charge in [0.15, 0.2) is 0 Å². The number of hydrogen-bond acceptors (Lipinski definition) is 3. The SMILES string of the molecule is CCCCCc1cn[nH]c1C(=O)OCC. The summed E-state index contributed by atoms with van der Waals surface area (Å²) in [6, 6.07) is 0. The molecule has 4 nitrogen and oxygen atoms in total. The lowest BCUT2D eigenvalue weighted by Gasteiger charge is -2.02. The molecule has 0 amide bonds. The van der Waals surface area contributed by atoms with Gasteiger partial charge in [-0.05, 0) is 19.8 Å². The number of nitrogens with zero attached hydrogens (tertiary/aromatic N) is 1. The van der Waals surface area contributed by atoms with Crippen molar-refractivity contribution in [1.29, 1.82) is 0 Å². The normalized spacial score (nSPS) is 10.3. The highest BCUT2D eigenvalue weighted by Crippen LogP contribution is 2.11. The van der Waals surface area contributed by atoms with Crippen molar-refractivity contribution in [2.24, 2.45) is 0 Å². The molecule has 15 heavy (non-hydrogen) atoms. The van der Waals surface area contributed by atoms with E-state index in [-0.39, 0.29) is 5.97 Å². The first-order valence-electron chi connectivity index (χ1n) is 5.49. The zero-order chi connectivity index (χ0) is 11.1. The number of carbonyl (C=O) groups excluding carboxylic acids is 1. The average molecular weight is 210 g/mol. The Bertz CT molecular complexity index is 307. The molecule has 0 fully saturated rings. The molecule has 1 aromatic rings. The van der Waals surface area contributed by atoms with Crippen LogP contribution in [0.25, 0.3) is 0 Å². The number of aryl methyl sites for hydroxylation is 1. The van der Waals surface area contributed by atoms with Crippen LogP contribution < -0.4 is 0 Å². The molecule has 0 aliphatic carbocycles. The predicted octanol–water partition coefficient (Wildman–Crippen LogP) is 2.32. The number of H-pyrrole nitrogens is 1. The second-order valence-electron chi connectivity index (χ2n) is 3.45. The van der Waals surface area contributed by atoms with Crippen LogP contribution in [0.4, 0.5) is 0 Å². The number of esters is 1. The van der Waals surface area contributed by atoms with E-state index in [4.69, 9.17) is 4.74 Å². The van der Waals surface area contributed by atoms with Crippen molar-refractivity contribution >= 4 is 5.97 Å². The molecule has 0 radical (unpaired) electrons. The minimum atomic E-state index is -0.304. The maximum absolute atomic E-state index is 11.5. The highest BCUT2D eigenvalue weighted by molar-refractivity contribution is 5.88. The summed E-state index contributed by atoms with van der Waals surface area (Å²) < 4.78 is 4.92. The first-order valence-corrected chi connectivity index (χ1v) is 5.49. The Labute approximate surface area is 90.0 Å². The van der Waals surface area contributed by atoms with Gasteiger partial charge in [-0.1, -0.05) is 19.8 Å². The van der Waals surface area contributed by atoms with Crippen molar-refractivity contribution in [3.8, 4) is 0 Å². The van der Waals surface area contributed by atoms with Gasteiger partial charge in [0.05, 0.1) is 12.8 Å². The van der Waals surface area contributed by atoms with Crippen LogP contribution in [0.15, 0.2) is 6.20 Å². The van der Waals surface area contributed by atoms with Crippen LogP contribution in [0.5, 0.6) is 0 Å². The molecule has 0 spiro atoms. The minimum Gasteiger partial charge on any atom is -0.461 e. The molecule has 1 aromatic heterocycles. The van der Waals surface area contributed by atoms with Crippen LogP contribution in [0.2, 0.25) is 0 Å². The fourth-order valence-corrected chi connectivity index (χ4v) is 1.45. The number of ether oxygens (including phenoxy) is 1. The lowest BCUT2D eigenvalue weighted by Crippen LogP contribution is -2.07. The first kappa shape index (κ1) is 11.8. The standard InChI is InChI=1S/C11H18N2O2/c1-3-5-6-7-9-8-12-13-10(9)11(14)15-4-2/h8H,3-7H2,1-2H3,(H,12,13). The summed E-state index contributed by atoms with van der Waals surface area (Å²) in [4.78, 5) is 11.5. The third-order valence-electron chi connectivity index (χ3n) is 2.25. The van der Waals surface area contributed by atoms with Gasteiger partial charge in [-0.25, -0.2) is 4.79 Å². The number of rotatable bonds is 6. The van der Waals surface area contributed by atoms with Crippen molar-refractivity contribution < 1.29 is 9.53 Å². The van der Waals surface area contributed by atoms with Gasteiger partial charge < -0.3 is 4.74 Å². The van der Waals surface area contributed by atoms with E-state index in [1.807, 2.05) is 0 Å². The maximum atomic E-state index is 11.5. The fourth-order valence-electron chi connectivity index (χ4n) is 1.45. The van der Waals surface area contributed by atoms with Gasteiger partial charge >= 0.3 is 5.97 Å². The summed E-state index contributed by atoms with van der Waals surface area (Å²) in [7, 11) is 0. The number of aromatic amines is 1. The molecular weight excluding hydrogens is 192 g/mol. The van der Waals surface area contributed by atoms with Crippen LogP contribution in [0, 0.1) is 0 Å². The maximum Gasteiger partial charge on any atom is 0.356 e. The van der Waals surface area contributed by atoms with E-state index in [1.54, 1.807) is 13.1 Å². The molecule has 4 heteroatoms. The van der Waals surface area contributed by atoms with Crippen LogP contribution in [-0.2, 0) is 11.2 Å². The Balaban J connectivity index is 2.56. The summed E-state index contributed by atoms with van der Waals surface area (Å²) >= 11 is 0. The molecule has 0 aliphatic heterocycles. The van der Waals surface area contributed by atoms with Gasteiger partial charge in [-0.3, -0.25) is 5.10 Å². The van der Waals surface area contributed by atoms with E-state index >= 15 is 0 Å². The molecule has 1 N–H and O–H groups in total. The molecule has 0 saturated carbocycles. The molecule has 0 atom stereocenters. The first-order chi connectivity index (χ1) is 7.29. The van der Waals surface area contributed by atoms with Crippen molar-refractivity contribution in [1.82, 2.24) is 10.2 Å². The van der Waals surface area contributed by atoms with E-state index in [2.05, 4.69) is 17.1 Å².